The van der Waals surface area contributed by atoms with Crippen molar-refractivity contribution in [1.82, 2.24) is 5.32 Å². The van der Waals surface area contributed by atoms with Crippen LogP contribution >= 0.6 is 11.3 Å². The first-order valence-electron chi connectivity index (χ1n) is 4.38. The number of hydrogen-bond donors (Lipinski definition) is 2. The van der Waals surface area contributed by atoms with Gasteiger partial charge in [-0.1, -0.05) is 0 Å². The van der Waals surface area contributed by atoms with Crippen LogP contribution in [0.25, 0.3) is 0 Å². The summed E-state index contributed by atoms with van der Waals surface area (Å²) in [5.41, 5.74) is 0. The molecule has 1 rings (SSSR count). The van der Waals surface area contributed by atoms with Crippen LogP contribution in [0.1, 0.15) is 9.67 Å². The predicted molar refractivity (Wildman–Crippen MR) is 55.2 cm³/mol. The number of nitrogens with one attached hydrogen (secondary N) is 1. The number of aliphatic hydroxyl groups excluding tert-OH is 1. The standard InChI is InChI=1S/C9H11F2NO3S/c1-15-6-2-3-16-7(6)8(14)12-4-9(10,11)5-13/h2-3,13H,4-5H2,1H3,(H,12,14). The zero-order valence-electron chi connectivity index (χ0n) is 8.50. The SMILES string of the molecule is COc1ccsc1C(=O)NCC(F)(F)CO. The second-order valence-electron chi connectivity index (χ2n) is 3.01. The average molecular weight is 251 g/mol. The summed E-state index contributed by atoms with van der Waals surface area (Å²) in [6, 6.07) is 1.57. The number of carbonyl (C=O) groups excluding carboxylic acids is 1. The maximum Gasteiger partial charge on any atom is 0.287 e. The van der Waals surface area contributed by atoms with Gasteiger partial charge in [-0.25, -0.2) is 8.78 Å². The van der Waals surface area contributed by atoms with Crippen molar-refractivity contribution < 1.29 is 23.4 Å². The molecule has 0 aliphatic rings. The zero-order valence-corrected chi connectivity index (χ0v) is 9.31. The third-order valence-corrected chi connectivity index (χ3v) is 2.69. The molecule has 0 unspecified atom stereocenters. The van der Waals surface area contributed by atoms with E-state index in [-0.39, 0.29) is 4.88 Å². The molecular formula is C9H11F2NO3S. The van der Waals surface area contributed by atoms with Crippen molar-refractivity contribution in [3.63, 3.8) is 0 Å². The molecule has 1 amide bonds. The molecule has 0 spiro atoms. The van der Waals surface area contributed by atoms with E-state index in [4.69, 9.17) is 9.84 Å². The van der Waals surface area contributed by atoms with Gasteiger partial charge in [0.2, 0.25) is 0 Å². The highest BCUT2D eigenvalue weighted by Crippen LogP contribution is 2.24. The number of thiophene rings is 1. The number of halogens is 2. The van der Waals surface area contributed by atoms with E-state index in [1.165, 1.54) is 7.11 Å². The fourth-order valence-corrected chi connectivity index (χ4v) is 1.74. The van der Waals surface area contributed by atoms with Crippen LogP contribution in [0.15, 0.2) is 11.4 Å². The minimum absolute atomic E-state index is 0.233. The van der Waals surface area contributed by atoms with Gasteiger partial charge in [-0.3, -0.25) is 4.79 Å². The summed E-state index contributed by atoms with van der Waals surface area (Å²) in [5, 5.41) is 12.0. The molecular weight excluding hydrogens is 240 g/mol. The molecule has 2 N–H and O–H groups in total. The van der Waals surface area contributed by atoms with Gasteiger partial charge in [0, 0.05) is 0 Å². The van der Waals surface area contributed by atoms with Gasteiger partial charge >= 0.3 is 0 Å². The van der Waals surface area contributed by atoms with E-state index >= 15 is 0 Å². The quantitative estimate of drug-likeness (QED) is 0.824. The molecule has 0 radical (unpaired) electrons. The predicted octanol–water partition coefficient (Wildman–Crippen LogP) is 1.11. The van der Waals surface area contributed by atoms with Gasteiger partial charge in [0.05, 0.1) is 13.7 Å². The highest BCUT2D eigenvalue weighted by Gasteiger charge is 2.29. The molecule has 16 heavy (non-hydrogen) atoms. The highest BCUT2D eigenvalue weighted by atomic mass is 32.1. The third kappa shape index (κ3) is 3.14. The third-order valence-electron chi connectivity index (χ3n) is 1.79. The number of rotatable bonds is 5. The number of carbonyl (C=O) groups is 1. The molecule has 7 heteroatoms. The summed E-state index contributed by atoms with van der Waals surface area (Å²) in [6.07, 6.45) is 0. The Kier molecular flexibility index (Phi) is 4.19. The molecule has 0 atom stereocenters. The number of amides is 1. The molecule has 1 aromatic heterocycles. The van der Waals surface area contributed by atoms with Crippen molar-refractivity contribution in [2.24, 2.45) is 0 Å². The smallest absolute Gasteiger partial charge is 0.287 e. The maximum atomic E-state index is 12.6. The fraction of sp³-hybridized carbons (Fsp3) is 0.444. The Labute approximate surface area is 94.8 Å². The number of methoxy groups -OCH3 is 1. The molecule has 1 heterocycles. The zero-order chi connectivity index (χ0) is 12.2. The van der Waals surface area contributed by atoms with Gasteiger partial charge in [0.15, 0.2) is 0 Å². The van der Waals surface area contributed by atoms with Crippen LogP contribution in [0, 0.1) is 0 Å². The van der Waals surface area contributed by atoms with E-state index < -0.39 is 25.0 Å². The first-order valence-corrected chi connectivity index (χ1v) is 5.26. The van der Waals surface area contributed by atoms with E-state index in [0.29, 0.717) is 5.75 Å². The average Bonchev–Trinajstić information content (AvgIpc) is 2.74. The Morgan fingerprint density at radius 3 is 2.94 bits per heavy atom. The summed E-state index contributed by atoms with van der Waals surface area (Å²) in [6.45, 7) is -2.20. The second kappa shape index (κ2) is 5.22. The first kappa shape index (κ1) is 12.9. The van der Waals surface area contributed by atoms with Crippen LogP contribution < -0.4 is 10.1 Å². The number of hydrogen-bond acceptors (Lipinski definition) is 4. The Morgan fingerprint density at radius 1 is 1.69 bits per heavy atom. The van der Waals surface area contributed by atoms with E-state index in [1.807, 2.05) is 5.32 Å². The summed E-state index contributed by atoms with van der Waals surface area (Å²) < 4.78 is 30.2. The lowest BCUT2D eigenvalue weighted by molar-refractivity contribution is -0.0461. The lowest BCUT2D eigenvalue weighted by atomic mass is 10.3. The van der Waals surface area contributed by atoms with Crippen LogP contribution in [-0.2, 0) is 0 Å². The van der Waals surface area contributed by atoms with Crippen molar-refractivity contribution in [3.8, 4) is 5.75 Å². The van der Waals surface area contributed by atoms with Crippen molar-refractivity contribution in [2.75, 3.05) is 20.3 Å². The normalized spacial score (nSPS) is 11.2. The lowest BCUT2D eigenvalue weighted by Crippen LogP contribution is -2.38. The lowest BCUT2D eigenvalue weighted by Gasteiger charge is -2.13. The molecule has 90 valence electrons. The van der Waals surface area contributed by atoms with Gasteiger partial charge in [-0.05, 0) is 11.4 Å². The fourth-order valence-electron chi connectivity index (χ4n) is 0.970. The first-order chi connectivity index (χ1) is 7.50. The monoisotopic (exact) mass is 251 g/mol. The van der Waals surface area contributed by atoms with Crippen LogP contribution in [0.3, 0.4) is 0 Å². The Morgan fingerprint density at radius 2 is 2.38 bits per heavy atom. The molecule has 0 aliphatic heterocycles. The van der Waals surface area contributed by atoms with Gasteiger partial charge in [-0.2, -0.15) is 0 Å². The molecule has 0 fully saturated rings. The number of ether oxygens (including phenoxy) is 1. The van der Waals surface area contributed by atoms with Crippen molar-refractivity contribution in [1.29, 1.82) is 0 Å². The molecule has 1 aromatic rings. The van der Waals surface area contributed by atoms with E-state index in [0.717, 1.165) is 11.3 Å². The van der Waals surface area contributed by atoms with Crippen molar-refractivity contribution in [3.05, 3.63) is 16.3 Å². The molecule has 0 aliphatic carbocycles. The van der Waals surface area contributed by atoms with E-state index in [1.54, 1.807) is 11.4 Å². The van der Waals surface area contributed by atoms with Crippen LogP contribution in [0.4, 0.5) is 8.78 Å². The largest absolute Gasteiger partial charge is 0.495 e. The summed E-state index contributed by atoms with van der Waals surface area (Å²) in [4.78, 5) is 11.7. The number of alkyl halides is 2. The number of aliphatic hydroxyl groups is 1. The van der Waals surface area contributed by atoms with Crippen LogP contribution in [0.5, 0.6) is 5.75 Å². The Balaban J connectivity index is 2.60. The minimum atomic E-state index is -3.31. The molecule has 0 saturated heterocycles. The van der Waals surface area contributed by atoms with Crippen LogP contribution in [-0.4, -0.2) is 37.2 Å². The molecule has 0 saturated carbocycles. The highest BCUT2D eigenvalue weighted by molar-refractivity contribution is 7.12. The van der Waals surface area contributed by atoms with E-state index in [9.17, 15) is 13.6 Å². The van der Waals surface area contributed by atoms with Crippen molar-refractivity contribution >= 4 is 17.2 Å². The van der Waals surface area contributed by atoms with Crippen molar-refractivity contribution in [2.45, 2.75) is 5.92 Å². The Bertz CT molecular complexity index is 367. The topological polar surface area (TPSA) is 58.6 Å². The van der Waals surface area contributed by atoms with Gasteiger partial charge in [0.1, 0.15) is 17.2 Å². The van der Waals surface area contributed by atoms with Gasteiger partial charge in [-0.15, -0.1) is 11.3 Å². The summed E-state index contributed by atoms with van der Waals surface area (Å²) >= 11 is 1.10. The summed E-state index contributed by atoms with van der Waals surface area (Å²) in [5.74, 6) is -3.60. The Hall–Kier alpha value is -1.21. The van der Waals surface area contributed by atoms with Gasteiger partial charge < -0.3 is 15.2 Å². The minimum Gasteiger partial charge on any atom is -0.495 e. The molecule has 0 bridgehead atoms. The van der Waals surface area contributed by atoms with E-state index in [2.05, 4.69) is 0 Å². The van der Waals surface area contributed by atoms with Crippen LogP contribution in [0.2, 0.25) is 0 Å². The van der Waals surface area contributed by atoms with Gasteiger partial charge in [0.25, 0.3) is 11.8 Å². The maximum absolute atomic E-state index is 12.6. The molecule has 0 aromatic carbocycles. The second-order valence-corrected chi connectivity index (χ2v) is 3.93. The summed E-state index contributed by atoms with van der Waals surface area (Å²) in [7, 11) is 1.39. The molecule has 4 nitrogen and oxygen atoms in total.